The maximum atomic E-state index is 11.6. The highest BCUT2D eigenvalue weighted by Crippen LogP contribution is 2.31. The van der Waals surface area contributed by atoms with Gasteiger partial charge in [0.2, 0.25) is 10.0 Å². The van der Waals surface area contributed by atoms with Crippen LogP contribution in [-0.2, 0) is 15.4 Å². The van der Waals surface area contributed by atoms with E-state index in [0.717, 1.165) is 34.0 Å². The second kappa shape index (κ2) is 7.44. The predicted molar refractivity (Wildman–Crippen MR) is 91.4 cm³/mol. The van der Waals surface area contributed by atoms with Gasteiger partial charge in [-0.1, -0.05) is 28.1 Å². The summed E-state index contributed by atoms with van der Waals surface area (Å²) in [6.45, 7) is 1.71. The lowest BCUT2D eigenvalue weighted by molar-refractivity contribution is 0.179. The molecule has 1 aliphatic rings. The first-order valence-corrected chi connectivity index (χ1v) is 10.6. The van der Waals surface area contributed by atoms with Crippen molar-refractivity contribution in [1.29, 1.82) is 0 Å². The smallest absolute Gasteiger partial charge is 0.211 e. The van der Waals surface area contributed by atoms with Crippen molar-refractivity contribution in [3.05, 3.63) is 28.2 Å². The first-order chi connectivity index (χ1) is 9.91. The van der Waals surface area contributed by atoms with Gasteiger partial charge in [0.15, 0.2) is 0 Å². The summed E-state index contributed by atoms with van der Waals surface area (Å²) < 4.78 is 31.7. The normalized spacial score (nSPS) is 20.4. The van der Waals surface area contributed by atoms with Gasteiger partial charge in [-0.3, -0.25) is 0 Å². The summed E-state index contributed by atoms with van der Waals surface area (Å²) in [6, 6.07) is 5.93. The van der Waals surface area contributed by atoms with Crippen LogP contribution in [0.3, 0.4) is 0 Å². The van der Waals surface area contributed by atoms with Gasteiger partial charge in [-0.25, -0.2) is 12.7 Å². The van der Waals surface area contributed by atoms with Crippen molar-refractivity contribution in [2.24, 2.45) is 5.92 Å². The molecule has 1 aliphatic heterocycles. The lowest BCUT2D eigenvalue weighted by atomic mass is 10.0. The summed E-state index contributed by atoms with van der Waals surface area (Å²) in [5.74, 6) is 1.08. The molecule has 1 heterocycles. The maximum absolute atomic E-state index is 11.6. The molecule has 0 spiro atoms. The van der Waals surface area contributed by atoms with Crippen molar-refractivity contribution in [3.63, 3.8) is 0 Å². The lowest BCUT2D eigenvalue weighted by Crippen LogP contribution is -2.41. The van der Waals surface area contributed by atoms with E-state index in [0.29, 0.717) is 19.7 Å². The molecule has 0 aromatic heterocycles. The van der Waals surface area contributed by atoms with E-state index in [1.54, 1.807) is 4.31 Å². The van der Waals surface area contributed by atoms with E-state index < -0.39 is 10.0 Å². The Morgan fingerprint density at radius 3 is 2.86 bits per heavy atom. The molecule has 0 N–H and O–H groups in total. The average Bonchev–Trinajstić information content (AvgIpc) is 2.45. The number of rotatable bonds is 5. The van der Waals surface area contributed by atoms with Gasteiger partial charge in [0.05, 0.1) is 17.3 Å². The van der Waals surface area contributed by atoms with Crippen LogP contribution in [-0.4, -0.2) is 38.7 Å². The van der Waals surface area contributed by atoms with Crippen LogP contribution in [0.2, 0.25) is 0 Å². The minimum atomic E-state index is -3.10. The summed E-state index contributed by atoms with van der Waals surface area (Å²) in [5, 5.41) is 0.724. The van der Waals surface area contributed by atoms with E-state index >= 15 is 0 Å². The van der Waals surface area contributed by atoms with Gasteiger partial charge < -0.3 is 4.74 Å². The zero-order valence-corrected chi connectivity index (χ0v) is 15.9. The van der Waals surface area contributed by atoms with E-state index in [4.69, 9.17) is 4.74 Å². The molecular weight excluding hydrogens is 422 g/mol. The van der Waals surface area contributed by atoms with Crippen LogP contribution in [0.5, 0.6) is 5.75 Å². The van der Waals surface area contributed by atoms with Crippen molar-refractivity contribution in [2.75, 3.05) is 26.0 Å². The number of ether oxygens (including phenoxy) is 1. The standard InChI is InChI=1S/C14H19Br2NO3S/c1-21(18,19)17-7-3-4-11(9-17)10-20-14-12(8-15)5-2-6-13(14)16/h2,5-6,11H,3-4,7-10H2,1H3. The van der Waals surface area contributed by atoms with Crippen LogP contribution in [0.1, 0.15) is 18.4 Å². The second-order valence-corrected chi connectivity index (χ2v) is 8.70. The van der Waals surface area contributed by atoms with E-state index in [1.807, 2.05) is 18.2 Å². The molecule has 1 aromatic carbocycles. The molecule has 1 atom stereocenters. The fraction of sp³-hybridized carbons (Fsp3) is 0.571. The summed E-state index contributed by atoms with van der Waals surface area (Å²) in [7, 11) is -3.10. The Labute approximate surface area is 143 Å². The second-order valence-electron chi connectivity index (χ2n) is 5.30. The van der Waals surface area contributed by atoms with Crippen LogP contribution in [0, 0.1) is 5.92 Å². The Balaban J connectivity index is 2.00. The highest BCUT2D eigenvalue weighted by Gasteiger charge is 2.26. The van der Waals surface area contributed by atoms with E-state index in [2.05, 4.69) is 31.9 Å². The Kier molecular flexibility index (Phi) is 6.11. The average molecular weight is 441 g/mol. The molecular formula is C14H19Br2NO3S. The molecule has 21 heavy (non-hydrogen) atoms. The van der Waals surface area contributed by atoms with Gasteiger partial charge in [0.25, 0.3) is 0 Å². The largest absolute Gasteiger partial charge is 0.492 e. The molecule has 0 aliphatic carbocycles. The summed E-state index contributed by atoms with van der Waals surface area (Å²) >= 11 is 6.96. The monoisotopic (exact) mass is 439 g/mol. The van der Waals surface area contributed by atoms with Gasteiger partial charge in [0, 0.05) is 29.9 Å². The number of piperidine rings is 1. The molecule has 0 radical (unpaired) electrons. The number of halogens is 2. The van der Waals surface area contributed by atoms with Crippen LogP contribution >= 0.6 is 31.9 Å². The highest BCUT2D eigenvalue weighted by atomic mass is 79.9. The molecule has 118 valence electrons. The summed E-state index contributed by atoms with van der Waals surface area (Å²) in [4.78, 5) is 0. The molecule has 1 unspecified atom stereocenters. The first-order valence-electron chi connectivity index (χ1n) is 6.83. The van der Waals surface area contributed by atoms with Crippen molar-refractivity contribution in [3.8, 4) is 5.75 Å². The Morgan fingerprint density at radius 1 is 1.43 bits per heavy atom. The van der Waals surface area contributed by atoms with Gasteiger partial charge in [0.1, 0.15) is 5.75 Å². The fourth-order valence-corrected chi connectivity index (χ4v) is 4.39. The quantitative estimate of drug-likeness (QED) is 0.659. The third-order valence-corrected chi connectivity index (χ3v) is 6.10. The maximum Gasteiger partial charge on any atom is 0.211 e. The third-order valence-electron chi connectivity index (χ3n) is 3.61. The number of para-hydroxylation sites is 1. The number of alkyl halides is 1. The van der Waals surface area contributed by atoms with Crippen LogP contribution in [0.25, 0.3) is 0 Å². The molecule has 1 saturated heterocycles. The molecule has 0 saturated carbocycles. The minimum absolute atomic E-state index is 0.240. The molecule has 1 aromatic rings. The Morgan fingerprint density at radius 2 is 2.19 bits per heavy atom. The van der Waals surface area contributed by atoms with Crippen LogP contribution < -0.4 is 4.74 Å². The highest BCUT2D eigenvalue weighted by molar-refractivity contribution is 9.10. The van der Waals surface area contributed by atoms with Crippen molar-refractivity contribution in [1.82, 2.24) is 4.31 Å². The van der Waals surface area contributed by atoms with E-state index in [1.165, 1.54) is 6.26 Å². The lowest BCUT2D eigenvalue weighted by Gasteiger charge is -2.31. The molecule has 1 fully saturated rings. The van der Waals surface area contributed by atoms with Crippen molar-refractivity contribution >= 4 is 41.9 Å². The van der Waals surface area contributed by atoms with Gasteiger partial charge in [-0.15, -0.1) is 0 Å². The summed E-state index contributed by atoms with van der Waals surface area (Å²) in [6.07, 6.45) is 3.16. The third kappa shape index (κ3) is 4.68. The Hall–Kier alpha value is -0.110. The predicted octanol–water partition coefficient (Wildman–Crippen LogP) is 3.39. The zero-order chi connectivity index (χ0) is 15.5. The number of benzene rings is 1. The van der Waals surface area contributed by atoms with Gasteiger partial charge in [-0.05, 0) is 34.8 Å². The molecule has 0 amide bonds. The topological polar surface area (TPSA) is 46.6 Å². The van der Waals surface area contributed by atoms with Crippen LogP contribution in [0.15, 0.2) is 22.7 Å². The van der Waals surface area contributed by atoms with Gasteiger partial charge in [-0.2, -0.15) is 0 Å². The minimum Gasteiger partial charge on any atom is -0.492 e. The van der Waals surface area contributed by atoms with Crippen molar-refractivity contribution < 1.29 is 13.2 Å². The number of nitrogens with zero attached hydrogens (tertiary/aromatic N) is 1. The molecule has 4 nitrogen and oxygen atoms in total. The number of hydrogen-bond donors (Lipinski definition) is 0. The van der Waals surface area contributed by atoms with Gasteiger partial charge >= 0.3 is 0 Å². The SMILES string of the molecule is CS(=O)(=O)N1CCCC(COc2c(Br)cccc2CBr)C1. The molecule has 2 rings (SSSR count). The number of sulfonamides is 1. The Bertz CT molecular complexity index is 592. The zero-order valence-electron chi connectivity index (χ0n) is 11.9. The first kappa shape index (κ1) is 17.2. The molecule has 7 heteroatoms. The van der Waals surface area contributed by atoms with E-state index in [-0.39, 0.29) is 5.92 Å². The van der Waals surface area contributed by atoms with Crippen LogP contribution in [0.4, 0.5) is 0 Å². The van der Waals surface area contributed by atoms with Crippen molar-refractivity contribution in [2.45, 2.75) is 18.2 Å². The fourth-order valence-electron chi connectivity index (χ4n) is 2.49. The molecule has 0 bridgehead atoms. The van der Waals surface area contributed by atoms with E-state index in [9.17, 15) is 8.42 Å². The summed E-state index contributed by atoms with van der Waals surface area (Å²) in [5.41, 5.74) is 1.08. The number of hydrogen-bond acceptors (Lipinski definition) is 3.